The molecule has 1 amide bonds. The summed E-state index contributed by atoms with van der Waals surface area (Å²) in [6.07, 6.45) is 1.79. The van der Waals surface area contributed by atoms with Gasteiger partial charge in [-0.05, 0) is 31.2 Å². The number of amides is 1. The fourth-order valence-corrected chi connectivity index (χ4v) is 3.16. The number of nitrogens with two attached hydrogens (primary N) is 1. The van der Waals surface area contributed by atoms with Crippen molar-refractivity contribution < 1.29 is 9.53 Å². The Morgan fingerprint density at radius 2 is 2.04 bits per heavy atom. The molecule has 0 spiro atoms. The first-order chi connectivity index (χ1) is 12.0. The number of hydrogen-bond donors (Lipinski definition) is 2. The molecule has 0 unspecified atom stereocenters. The van der Waals surface area contributed by atoms with Gasteiger partial charge in [0.25, 0.3) is 0 Å². The van der Waals surface area contributed by atoms with Crippen molar-refractivity contribution in [1.82, 2.24) is 19.7 Å². The number of nitrogens with one attached hydrogen (secondary N) is 1. The zero-order chi connectivity index (χ0) is 17.7. The fraction of sp³-hybridized carbons (Fsp3) is 0.167. The standard InChI is InChI=1S/C18H17N5O2/c1-9-4-15(23(2)22-9)14-7-13-12(8-20-14)11-5-10(18(19)24)6-16(25-3)17(11)21-13/h4-8,21H,1-3H3,(H2,19,24). The number of H-pyrrole nitrogens is 1. The lowest BCUT2D eigenvalue weighted by Crippen LogP contribution is -2.10. The molecule has 0 radical (unpaired) electrons. The Hall–Kier alpha value is -3.35. The van der Waals surface area contributed by atoms with Crippen LogP contribution in [0.4, 0.5) is 0 Å². The number of ether oxygens (including phenoxy) is 1. The summed E-state index contributed by atoms with van der Waals surface area (Å²) in [5.41, 5.74) is 10.2. The molecule has 25 heavy (non-hydrogen) atoms. The van der Waals surface area contributed by atoms with Crippen LogP contribution in [0, 0.1) is 6.92 Å². The maximum absolute atomic E-state index is 11.6. The molecular weight excluding hydrogens is 318 g/mol. The molecule has 3 heterocycles. The molecule has 4 rings (SSSR count). The topological polar surface area (TPSA) is 98.8 Å². The minimum Gasteiger partial charge on any atom is -0.495 e. The average Bonchev–Trinajstić information content (AvgIpc) is 3.12. The number of pyridine rings is 1. The summed E-state index contributed by atoms with van der Waals surface area (Å²) < 4.78 is 7.22. The Labute approximate surface area is 143 Å². The lowest BCUT2D eigenvalue weighted by Gasteiger charge is -2.04. The quantitative estimate of drug-likeness (QED) is 0.601. The lowest BCUT2D eigenvalue weighted by molar-refractivity contribution is 0.1000. The van der Waals surface area contributed by atoms with Crippen LogP contribution in [-0.4, -0.2) is 32.8 Å². The monoisotopic (exact) mass is 335 g/mol. The number of rotatable bonds is 3. The molecule has 3 N–H and O–H groups in total. The maximum atomic E-state index is 11.6. The van der Waals surface area contributed by atoms with Gasteiger partial charge in [-0.1, -0.05) is 0 Å². The van der Waals surface area contributed by atoms with Gasteiger partial charge in [-0.25, -0.2) is 0 Å². The number of methoxy groups -OCH3 is 1. The predicted molar refractivity (Wildman–Crippen MR) is 95.6 cm³/mol. The summed E-state index contributed by atoms with van der Waals surface area (Å²) >= 11 is 0. The number of benzene rings is 1. The molecule has 0 fully saturated rings. The van der Waals surface area contributed by atoms with Crippen molar-refractivity contribution in [3.8, 4) is 17.1 Å². The minimum atomic E-state index is -0.496. The summed E-state index contributed by atoms with van der Waals surface area (Å²) in [5, 5.41) is 6.12. The minimum absolute atomic E-state index is 0.400. The average molecular weight is 335 g/mol. The van der Waals surface area contributed by atoms with Crippen LogP contribution < -0.4 is 10.5 Å². The van der Waals surface area contributed by atoms with E-state index in [0.717, 1.165) is 38.9 Å². The number of aryl methyl sites for hydroxylation is 2. The molecule has 0 saturated heterocycles. The van der Waals surface area contributed by atoms with E-state index in [1.807, 2.05) is 26.1 Å². The third kappa shape index (κ3) is 2.32. The largest absolute Gasteiger partial charge is 0.495 e. The molecule has 0 atom stereocenters. The van der Waals surface area contributed by atoms with Crippen molar-refractivity contribution in [2.75, 3.05) is 7.11 Å². The van der Waals surface area contributed by atoms with Gasteiger partial charge in [0, 0.05) is 29.6 Å². The number of nitrogens with zero attached hydrogens (tertiary/aromatic N) is 3. The SMILES string of the molecule is COc1cc(C(N)=O)cc2c1[nH]c1cc(-c3cc(C)nn3C)ncc12. The van der Waals surface area contributed by atoms with Crippen LogP contribution in [0.3, 0.4) is 0 Å². The normalized spacial score (nSPS) is 11.3. The second-order valence-corrected chi connectivity index (χ2v) is 6.00. The van der Waals surface area contributed by atoms with Gasteiger partial charge in [0.2, 0.25) is 5.91 Å². The van der Waals surface area contributed by atoms with Gasteiger partial charge in [0.1, 0.15) is 5.75 Å². The molecular formula is C18H17N5O2. The van der Waals surface area contributed by atoms with Gasteiger partial charge in [-0.15, -0.1) is 0 Å². The highest BCUT2D eigenvalue weighted by Crippen LogP contribution is 2.34. The highest BCUT2D eigenvalue weighted by molar-refractivity contribution is 6.12. The van der Waals surface area contributed by atoms with E-state index in [9.17, 15) is 4.79 Å². The number of fused-ring (bicyclic) bond motifs is 3. The van der Waals surface area contributed by atoms with Crippen LogP contribution >= 0.6 is 0 Å². The van der Waals surface area contributed by atoms with Crippen molar-refractivity contribution in [3.05, 3.63) is 41.7 Å². The number of carbonyl (C=O) groups excluding carboxylic acids is 1. The molecule has 0 aliphatic rings. The van der Waals surface area contributed by atoms with Crippen LogP contribution in [0.1, 0.15) is 16.1 Å². The lowest BCUT2D eigenvalue weighted by atomic mass is 10.1. The third-order valence-corrected chi connectivity index (χ3v) is 4.32. The summed E-state index contributed by atoms with van der Waals surface area (Å²) in [6.45, 7) is 1.95. The summed E-state index contributed by atoms with van der Waals surface area (Å²) in [4.78, 5) is 19.5. The van der Waals surface area contributed by atoms with Crippen molar-refractivity contribution >= 4 is 27.7 Å². The van der Waals surface area contributed by atoms with E-state index in [1.54, 1.807) is 30.1 Å². The predicted octanol–water partition coefficient (Wildman–Crippen LogP) is 2.53. The molecule has 7 heteroatoms. The summed E-state index contributed by atoms with van der Waals surface area (Å²) in [5.74, 6) is 0.0740. The van der Waals surface area contributed by atoms with Gasteiger partial charge in [0.05, 0.1) is 35.2 Å². The zero-order valence-electron chi connectivity index (χ0n) is 14.1. The highest BCUT2D eigenvalue weighted by atomic mass is 16.5. The van der Waals surface area contributed by atoms with Gasteiger partial charge < -0.3 is 15.5 Å². The van der Waals surface area contributed by atoms with Crippen LogP contribution in [0.15, 0.2) is 30.5 Å². The fourth-order valence-electron chi connectivity index (χ4n) is 3.16. The molecule has 126 valence electrons. The molecule has 0 saturated carbocycles. The van der Waals surface area contributed by atoms with E-state index >= 15 is 0 Å². The number of hydrogen-bond acceptors (Lipinski definition) is 4. The van der Waals surface area contributed by atoms with Gasteiger partial charge >= 0.3 is 0 Å². The molecule has 0 bridgehead atoms. The van der Waals surface area contributed by atoms with Gasteiger partial charge in [0.15, 0.2) is 0 Å². The highest BCUT2D eigenvalue weighted by Gasteiger charge is 2.15. The van der Waals surface area contributed by atoms with Crippen LogP contribution in [-0.2, 0) is 7.05 Å². The van der Waals surface area contributed by atoms with E-state index in [4.69, 9.17) is 10.5 Å². The summed E-state index contributed by atoms with van der Waals surface area (Å²) in [6, 6.07) is 7.35. The zero-order valence-corrected chi connectivity index (χ0v) is 14.1. The van der Waals surface area contributed by atoms with E-state index in [2.05, 4.69) is 15.1 Å². The first kappa shape index (κ1) is 15.2. The molecule has 3 aromatic heterocycles. The van der Waals surface area contributed by atoms with Crippen molar-refractivity contribution in [2.24, 2.45) is 12.8 Å². The van der Waals surface area contributed by atoms with Crippen molar-refractivity contribution in [1.29, 1.82) is 0 Å². The van der Waals surface area contributed by atoms with Gasteiger partial charge in [-0.2, -0.15) is 5.10 Å². The number of aromatic nitrogens is 4. The second kappa shape index (κ2) is 5.34. The van der Waals surface area contributed by atoms with E-state index < -0.39 is 5.91 Å². The molecule has 7 nitrogen and oxygen atoms in total. The Kier molecular flexibility index (Phi) is 3.24. The van der Waals surface area contributed by atoms with Crippen LogP contribution in [0.5, 0.6) is 5.75 Å². The Bertz CT molecular complexity index is 1140. The smallest absolute Gasteiger partial charge is 0.248 e. The molecule has 0 aliphatic carbocycles. The third-order valence-electron chi connectivity index (χ3n) is 4.32. The Morgan fingerprint density at radius 3 is 2.68 bits per heavy atom. The second-order valence-electron chi connectivity index (χ2n) is 6.00. The van der Waals surface area contributed by atoms with Crippen molar-refractivity contribution in [2.45, 2.75) is 6.92 Å². The van der Waals surface area contributed by atoms with E-state index in [0.29, 0.717) is 11.3 Å². The summed E-state index contributed by atoms with van der Waals surface area (Å²) in [7, 11) is 3.45. The van der Waals surface area contributed by atoms with Gasteiger partial charge in [-0.3, -0.25) is 14.5 Å². The van der Waals surface area contributed by atoms with Crippen LogP contribution in [0.2, 0.25) is 0 Å². The van der Waals surface area contributed by atoms with E-state index in [1.165, 1.54) is 0 Å². The first-order valence-corrected chi connectivity index (χ1v) is 7.78. The number of primary amides is 1. The van der Waals surface area contributed by atoms with E-state index in [-0.39, 0.29) is 0 Å². The number of carbonyl (C=O) groups is 1. The Balaban J connectivity index is 1.99. The molecule has 4 aromatic rings. The number of aromatic amines is 1. The first-order valence-electron chi connectivity index (χ1n) is 7.78. The Morgan fingerprint density at radius 1 is 1.24 bits per heavy atom. The maximum Gasteiger partial charge on any atom is 0.248 e. The molecule has 1 aromatic carbocycles. The van der Waals surface area contributed by atoms with Crippen molar-refractivity contribution in [3.63, 3.8) is 0 Å². The molecule has 0 aliphatic heterocycles. The van der Waals surface area contributed by atoms with Crippen LogP contribution in [0.25, 0.3) is 33.2 Å².